The van der Waals surface area contributed by atoms with Crippen molar-refractivity contribution in [2.24, 2.45) is 0 Å². The van der Waals surface area contributed by atoms with Crippen molar-refractivity contribution in [3.05, 3.63) is 52.2 Å². The van der Waals surface area contributed by atoms with Gasteiger partial charge in [-0.05, 0) is 17.5 Å². The van der Waals surface area contributed by atoms with Gasteiger partial charge >= 0.3 is 12.4 Å². The maximum atomic E-state index is 12.4. The monoisotopic (exact) mass is 344 g/mol. The number of carbonyl (C=O) groups is 1. The highest BCUT2D eigenvalue weighted by Gasteiger charge is 2.32. The number of alkyl halides is 3. The maximum absolute atomic E-state index is 12.4. The summed E-state index contributed by atoms with van der Waals surface area (Å²) in [6, 6.07) is 9.14. The van der Waals surface area contributed by atoms with Gasteiger partial charge < -0.3 is 15.0 Å². The predicted molar refractivity (Wildman–Crippen MR) is 81.1 cm³/mol. The van der Waals surface area contributed by atoms with Crippen LogP contribution >= 0.6 is 11.3 Å². The first-order chi connectivity index (χ1) is 10.8. The van der Waals surface area contributed by atoms with E-state index in [1.54, 1.807) is 6.07 Å². The second kappa shape index (κ2) is 7.36. The molecule has 2 aromatic rings. The third-order valence-corrected chi connectivity index (χ3v) is 3.82. The maximum Gasteiger partial charge on any atom is 0.573 e. The lowest BCUT2D eigenvalue weighted by Crippen LogP contribution is -2.36. The Kier molecular flexibility index (Phi) is 5.49. The molecular weight excluding hydrogens is 329 g/mol. The van der Waals surface area contributed by atoms with E-state index in [-0.39, 0.29) is 23.9 Å². The summed E-state index contributed by atoms with van der Waals surface area (Å²) in [5.74, 6) is -0.307. The number of para-hydroxylation sites is 1. The molecule has 0 saturated carbocycles. The van der Waals surface area contributed by atoms with Crippen LogP contribution in [-0.2, 0) is 13.1 Å². The molecule has 23 heavy (non-hydrogen) atoms. The molecule has 124 valence electrons. The SMILES string of the molecule is CN(Cc1ccccc1OC(F)(F)F)C(=O)NCc1cccs1. The number of hydrogen-bond donors (Lipinski definition) is 1. The van der Waals surface area contributed by atoms with Crippen molar-refractivity contribution in [1.29, 1.82) is 0 Å². The number of benzene rings is 1. The predicted octanol–water partition coefficient (Wildman–Crippen LogP) is 3.99. The van der Waals surface area contributed by atoms with Crippen LogP contribution in [0.4, 0.5) is 18.0 Å². The molecule has 2 amide bonds. The summed E-state index contributed by atoms with van der Waals surface area (Å²) in [6.45, 7) is 0.379. The fraction of sp³-hybridized carbons (Fsp3) is 0.267. The van der Waals surface area contributed by atoms with E-state index < -0.39 is 6.36 Å². The minimum Gasteiger partial charge on any atom is -0.405 e. The molecule has 0 aliphatic heterocycles. The summed E-state index contributed by atoms with van der Waals surface area (Å²) in [5.41, 5.74) is 0.276. The van der Waals surface area contributed by atoms with Crippen LogP contribution in [0.25, 0.3) is 0 Å². The Bertz CT molecular complexity index is 644. The number of ether oxygens (including phenoxy) is 1. The first-order valence-electron chi connectivity index (χ1n) is 6.70. The summed E-state index contributed by atoms with van der Waals surface area (Å²) in [6.07, 6.45) is -4.77. The highest BCUT2D eigenvalue weighted by molar-refractivity contribution is 7.09. The zero-order valence-electron chi connectivity index (χ0n) is 12.3. The van der Waals surface area contributed by atoms with Crippen molar-refractivity contribution < 1.29 is 22.7 Å². The molecule has 1 N–H and O–H groups in total. The molecule has 1 aromatic heterocycles. The quantitative estimate of drug-likeness (QED) is 0.891. The molecule has 0 saturated heterocycles. The van der Waals surface area contributed by atoms with Gasteiger partial charge in [0, 0.05) is 17.5 Å². The van der Waals surface area contributed by atoms with Crippen molar-refractivity contribution in [2.45, 2.75) is 19.5 Å². The summed E-state index contributed by atoms with van der Waals surface area (Å²) in [5, 5.41) is 4.61. The standard InChI is InChI=1S/C15H15F3N2O2S/c1-20(14(21)19-9-12-6-4-8-23-12)10-11-5-2-3-7-13(11)22-15(16,17)18/h2-8H,9-10H2,1H3,(H,19,21). The Morgan fingerprint density at radius 3 is 2.65 bits per heavy atom. The Hall–Kier alpha value is -2.22. The highest BCUT2D eigenvalue weighted by atomic mass is 32.1. The molecule has 1 heterocycles. The Balaban J connectivity index is 1.96. The average Bonchev–Trinajstić information content (AvgIpc) is 2.98. The van der Waals surface area contributed by atoms with Gasteiger partial charge in [0.15, 0.2) is 0 Å². The summed E-state index contributed by atoms with van der Waals surface area (Å²) in [4.78, 5) is 14.3. The van der Waals surface area contributed by atoms with E-state index in [0.717, 1.165) is 4.88 Å². The van der Waals surface area contributed by atoms with Crippen LogP contribution in [-0.4, -0.2) is 24.3 Å². The largest absolute Gasteiger partial charge is 0.573 e. The molecule has 0 unspecified atom stereocenters. The normalized spacial score (nSPS) is 11.1. The number of amides is 2. The minimum atomic E-state index is -4.77. The van der Waals surface area contributed by atoms with E-state index in [9.17, 15) is 18.0 Å². The lowest BCUT2D eigenvalue weighted by Gasteiger charge is -2.20. The number of rotatable bonds is 5. The zero-order valence-corrected chi connectivity index (χ0v) is 13.1. The third kappa shape index (κ3) is 5.48. The molecule has 4 nitrogen and oxygen atoms in total. The molecule has 0 spiro atoms. The van der Waals surface area contributed by atoms with Crippen LogP contribution in [0.2, 0.25) is 0 Å². The molecule has 0 aliphatic carbocycles. The minimum absolute atomic E-state index is 0.00251. The fourth-order valence-electron chi connectivity index (χ4n) is 1.90. The van der Waals surface area contributed by atoms with E-state index in [1.807, 2.05) is 17.5 Å². The van der Waals surface area contributed by atoms with Crippen LogP contribution in [0.5, 0.6) is 5.75 Å². The molecule has 0 atom stereocenters. The van der Waals surface area contributed by atoms with Crippen LogP contribution in [0.1, 0.15) is 10.4 Å². The van der Waals surface area contributed by atoms with Crippen molar-refractivity contribution in [2.75, 3.05) is 7.05 Å². The molecule has 2 rings (SSSR count). The first kappa shape index (κ1) is 17.1. The average molecular weight is 344 g/mol. The highest BCUT2D eigenvalue weighted by Crippen LogP contribution is 2.26. The second-order valence-corrected chi connectivity index (χ2v) is 5.78. The van der Waals surface area contributed by atoms with Gasteiger partial charge in [0.05, 0.1) is 13.1 Å². The number of carbonyl (C=O) groups excluding carboxylic acids is 1. The summed E-state index contributed by atoms with van der Waals surface area (Å²) >= 11 is 1.51. The van der Waals surface area contributed by atoms with Gasteiger partial charge in [0.25, 0.3) is 0 Å². The van der Waals surface area contributed by atoms with Crippen LogP contribution in [0.3, 0.4) is 0 Å². The smallest absolute Gasteiger partial charge is 0.405 e. The first-order valence-corrected chi connectivity index (χ1v) is 7.58. The van der Waals surface area contributed by atoms with Gasteiger partial charge in [0.2, 0.25) is 0 Å². The van der Waals surface area contributed by atoms with Crippen molar-refractivity contribution in [1.82, 2.24) is 10.2 Å². The number of urea groups is 1. The molecule has 0 fully saturated rings. The topological polar surface area (TPSA) is 41.6 Å². The Morgan fingerprint density at radius 2 is 2.00 bits per heavy atom. The van der Waals surface area contributed by atoms with Crippen molar-refractivity contribution in [3.8, 4) is 5.75 Å². The third-order valence-electron chi connectivity index (χ3n) is 2.95. The molecular formula is C15H15F3N2O2S. The van der Waals surface area contributed by atoms with Gasteiger partial charge in [-0.1, -0.05) is 24.3 Å². The van der Waals surface area contributed by atoms with Gasteiger partial charge in [0.1, 0.15) is 5.75 Å². The molecule has 0 aliphatic rings. The lowest BCUT2D eigenvalue weighted by atomic mass is 10.2. The number of thiophene rings is 1. The van der Waals surface area contributed by atoms with Crippen LogP contribution in [0, 0.1) is 0 Å². The molecule has 1 aromatic carbocycles. The summed E-state index contributed by atoms with van der Waals surface area (Å²) in [7, 11) is 1.51. The number of halogens is 3. The van der Waals surface area contributed by atoms with E-state index in [1.165, 1.54) is 41.5 Å². The molecule has 0 bridgehead atoms. The lowest BCUT2D eigenvalue weighted by molar-refractivity contribution is -0.274. The van der Waals surface area contributed by atoms with E-state index in [4.69, 9.17) is 0 Å². The van der Waals surface area contributed by atoms with Gasteiger partial charge in [-0.25, -0.2) is 4.79 Å². The Labute approximate surface area is 135 Å². The van der Waals surface area contributed by atoms with Gasteiger partial charge in [-0.2, -0.15) is 0 Å². The summed E-state index contributed by atoms with van der Waals surface area (Å²) < 4.78 is 41.1. The number of nitrogens with one attached hydrogen (secondary N) is 1. The van der Waals surface area contributed by atoms with E-state index >= 15 is 0 Å². The van der Waals surface area contributed by atoms with E-state index in [2.05, 4.69) is 10.1 Å². The van der Waals surface area contributed by atoms with Gasteiger partial charge in [-0.3, -0.25) is 0 Å². The van der Waals surface area contributed by atoms with Crippen LogP contribution < -0.4 is 10.1 Å². The van der Waals surface area contributed by atoms with Crippen LogP contribution in [0.15, 0.2) is 41.8 Å². The number of hydrogen-bond acceptors (Lipinski definition) is 3. The van der Waals surface area contributed by atoms with Gasteiger partial charge in [-0.15, -0.1) is 24.5 Å². The van der Waals surface area contributed by atoms with Crippen molar-refractivity contribution in [3.63, 3.8) is 0 Å². The fourth-order valence-corrected chi connectivity index (χ4v) is 2.54. The molecule has 0 radical (unpaired) electrons. The Morgan fingerprint density at radius 1 is 1.26 bits per heavy atom. The zero-order chi connectivity index (χ0) is 16.9. The number of nitrogens with zero attached hydrogens (tertiary/aromatic N) is 1. The second-order valence-electron chi connectivity index (χ2n) is 4.75. The molecule has 8 heteroatoms. The van der Waals surface area contributed by atoms with E-state index in [0.29, 0.717) is 6.54 Å². The van der Waals surface area contributed by atoms with Crippen molar-refractivity contribution >= 4 is 17.4 Å².